The van der Waals surface area contributed by atoms with Crippen LogP contribution in [0.25, 0.3) is 0 Å². The molecule has 92 valence electrons. The van der Waals surface area contributed by atoms with Crippen molar-refractivity contribution in [3.05, 3.63) is 0 Å². The molecular weight excluding hydrogens is 210 g/mol. The molecule has 1 heterocycles. The molecular formula is C11H19NO4. The normalized spacial score (nSPS) is 26.4. The van der Waals surface area contributed by atoms with Gasteiger partial charge in [-0.15, -0.1) is 0 Å². The Bertz CT molecular complexity index is 267. The number of hydrogen-bond donors (Lipinski definition) is 2. The largest absolute Gasteiger partial charge is 0.480 e. The highest BCUT2D eigenvalue weighted by molar-refractivity contribution is 5.85. The first-order valence-electron chi connectivity index (χ1n) is 5.71. The lowest BCUT2D eigenvalue weighted by Gasteiger charge is -2.18. The molecule has 1 rings (SSSR count). The second kappa shape index (κ2) is 5.84. The Morgan fingerprint density at radius 3 is 2.69 bits per heavy atom. The number of aliphatic carboxylic acids is 1. The number of amides is 1. The smallest absolute Gasteiger partial charge is 0.326 e. The summed E-state index contributed by atoms with van der Waals surface area (Å²) >= 11 is 0. The molecule has 2 unspecified atom stereocenters. The lowest BCUT2D eigenvalue weighted by molar-refractivity contribution is -0.143. The van der Waals surface area contributed by atoms with Crippen molar-refractivity contribution < 1.29 is 19.4 Å². The highest BCUT2D eigenvalue weighted by Gasteiger charge is 2.32. The molecule has 0 aromatic carbocycles. The number of carboxylic acids is 1. The fraction of sp³-hybridized carbons (Fsp3) is 0.818. The number of rotatable bonds is 5. The van der Waals surface area contributed by atoms with E-state index < -0.39 is 12.0 Å². The van der Waals surface area contributed by atoms with Crippen molar-refractivity contribution in [2.24, 2.45) is 5.92 Å². The summed E-state index contributed by atoms with van der Waals surface area (Å²) in [5, 5.41) is 11.5. The number of carbonyl (C=O) groups excluding carboxylic acids is 1. The average molecular weight is 229 g/mol. The van der Waals surface area contributed by atoms with Crippen molar-refractivity contribution in [1.82, 2.24) is 5.32 Å². The summed E-state index contributed by atoms with van der Waals surface area (Å²) in [6.07, 6.45) is 1.75. The van der Waals surface area contributed by atoms with Crippen LogP contribution in [0.3, 0.4) is 0 Å². The molecule has 0 aromatic heterocycles. The van der Waals surface area contributed by atoms with Gasteiger partial charge >= 0.3 is 5.97 Å². The number of carbonyl (C=O) groups is 2. The van der Waals surface area contributed by atoms with Crippen LogP contribution in [0.2, 0.25) is 0 Å². The standard InChI is InChI=1S/C11H19NO4/c1-3-4-9(11(14)15)12-10(13)8-5-6-16-7(8)2/h7-9H,3-6H2,1-2H3,(H,12,13)(H,14,15)/t7?,8?,9-/m1/s1. The maximum Gasteiger partial charge on any atom is 0.326 e. The van der Waals surface area contributed by atoms with Gasteiger partial charge in [-0.25, -0.2) is 4.79 Å². The highest BCUT2D eigenvalue weighted by Crippen LogP contribution is 2.20. The number of nitrogens with one attached hydrogen (secondary N) is 1. The Morgan fingerprint density at radius 2 is 2.25 bits per heavy atom. The van der Waals surface area contributed by atoms with Crippen LogP contribution in [-0.4, -0.2) is 35.7 Å². The molecule has 1 aliphatic rings. The first-order chi connectivity index (χ1) is 7.56. The average Bonchev–Trinajstić information content (AvgIpc) is 2.63. The van der Waals surface area contributed by atoms with Crippen molar-refractivity contribution in [3.8, 4) is 0 Å². The van der Waals surface area contributed by atoms with Gasteiger partial charge in [-0.3, -0.25) is 4.79 Å². The van der Waals surface area contributed by atoms with Gasteiger partial charge in [0.05, 0.1) is 12.0 Å². The Kier molecular flexibility index (Phi) is 4.73. The zero-order valence-electron chi connectivity index (χ0n) is 9.73. The molecule has 0 spiro atoms. The van der Waals surface area contributed by atoms with E-state index >= 15 is 0 Å². The second-order valence-corrected chi connectivity index (χ2v) is 4.16. The van der Waals surface area contributed by atoms with Crippen LogP contribution in [0, 0.1) is 5.92 Å². The van der Waals surface area contributed by atoms with Crippen molar-refractivity contribution in [2.75, 3.05) is 6.61 Å². The van der Waals surface area contributed by atoms with Crippen molar-refractivity contribution in [3.63, 3.8) is 0 Å². The van der Waals surface area contributed by atoms with Crippen LogP contribution >= 0.6 is 0 Å². The zero-order valence-corrected chi connectivity index (χ0v) is 9.73. The topological polar surface area (TPSA) is 75.6 Å². The molecule has 1 amide bonds. The Morgan fingerprint density at radius 1 is 1.56 bits per heavy atom. The summed E-state index contributed by atoms with van der Waals surface area (Å²) in [6, 6.07) is -0.773. The Labute approximate surface area is 95.2 Å². The fourth-order valence-corrected chi connectivity index (χ4v) is 1.90. The first-order valence-corrected chi connectivity index (χ1v) is 5.71. The lowest BCUT2D eigenvalue weighted by atomic mass is 10.0. The minimum absolute atomic E-state index is 0.115. The van der Waals surface area contributed by atoms with Gasteiger partial charge in [-0.1, -0.05) is 13.3 Å². The van der Waals surface area contributed by atoms with Crippen LogP contribution in [0.4, 0.5) is 0 Å². The van der Waals surface area contributed by atoms with Crippen molar-refractivity contribution in [1.29, 1.82) is 0 Å². The molecule has 0 radical (unpaired) electrons. The molecule has 1 fully saturated rings. The van der Waals surface area contributed by atoms with E-state index in [0.29, 0.717) is 19.4 Å². The van der Waals surface area contributed by atoms with E-state index in [4.69, 9.17) is 9.84 Å². The zero-order chi connectivity index (χ0) is 12.1. The fourth-order valence-electron chi connectivity index (χ4n) is 1.90. The maximum absolute atomic E-state index is 11.8. The van der Waals surface area contributed by atoms with Crippen LogP contribution in [0.15, 0.2) is 0 Å². The minimum atomic E-state index is -0.971. The number of ether oxygens (including phenoxy) is 1. The summed E-state index contributed by atoms with van der Waals surface area (Å²) in [6.45, 7) is 4.31. The summed E-state index contributed by atoms with van der Waals surface area (Å²) in [4.78, 5) is 22.7. The van der Waals surface area contributed by atoms with Crippen LogP contribution in [0.1, 0.15) is 33.1 Å². The van der Waals surface area contributed by atoms with Crippen LogP contribution < -0.4 is 5.32 Å². The molecule has 5 heteroatoms. The molecule has 2 N–H and O–H groups in total. The maximum atomic E-state index is 11.8. The van der Waals surface area contributed by atoms with E-state index in [-0.39, 0.29) is 17.9 Å². The van der Waals surface area contributed by atoms with E-state index in [1.807, 2.05) is 13.8 Å². The van der Waals surface area contributed by atoms with Gasteiger partial charge in [0, 0.05) is 6.61 Å². The van der Waals surface area contributed by atoms with E-state index in [1.165, 1.54) is 0 Å². The Balaban J connectivity index is 2.50. The summed E-state index contributed by atoms with van der Waals surface area (Å²) in [7, 11) is 0. The third-order valence-corrected chi connectivity index (χ3v) is 2.90. The molecule has 16 heavy (non-hydrogen) atoms. The predicted molar refractivity (Wildman–Crippen MR) is 58.0 cm³/mol. The summed E-state index contributed by atoms with van der Waals surface area (Å²) in [5.41, 5.74) is 0. The van der Waals surface area contributed by atoms with E-state index in [0.717, 1.165) is 6.42 Å². The van der Waals surface area contributed by atoms with Gasteiger partial charge in [0.1, 0.15) is 6.04 Å². The molecule has 1 aliphatic heterocycles. The molecule has 5 nitrogen and oxygen atoms in total. The predicted octanol–water partition coefficient (Wildman–Crippen LogP) is 0.781. The Hall–Kier alpha value is -1.10. The number of carboxylic acid groups (broad SMARTS) is 1. The van der Waals surface area contributed by atoms with Gasteiger partial charge in [0.2, 0.25) is 5.91 Å². The van der Waals surface area contributed by atoms with Gasteiger partial charge < -0.3 is 15.2 Å². The molecule has 0 aliphatic carbocycles. The first kappa shape index (κ1) is 13.0. The SMILES string of the molecule is CCC[C@@H](NC(=O)C1CCOC1C)C(=O)O. The monoisotopic (exact) mass is 229 g/mol. The van der Waals surface area contributed by atoms with E-state index in [9.17, 15) is 9.59 Å². The van der Waals surface area contributed by atoms with Crippen molar-refractivity contribution >= 4 is 11.9 Å². The third kappa shape index (κ3) is 3.20. The van der Waals surface area contributed by atoms with Gasteiger partial charge in [-0.2, -0.15) is 0 Å². The molecule has 0 bridgehead atoms. The molecule has 1 saturated heterocycles. The van der Waals surface area contributed by atoms with Crippen LogP contribution in [0.5, 0.6) is 0 Å². The van der Waals surface area contributed by atoms with Gasteiger partial charge in [0.25, 0.3) is 0 Å². The van der Waals surface area contributed by atoms with Gasteiger partial charge in [-0.05, 0) is 19.8 Å². The minimum Gasteiger partial charge on any atom is -0.480 e. The molecule has 0 saturated carbocycles. The second-order valence-electron chi connectivity index (χ2n) is 4.16. The summed E-state index contributed by atoms with van der Waals surface area (Å²) < 4.78 is 5.28. The molecule has 0 aromatic rings. The van der Waals surface area contributed by atoms with Crippen molar-refractivity contribution in [2.45, 2.75) is 45.3 Å². The lowest BCUT2D eigenvalue weighted by Crippen LogP contribution is -2.44. The number of hydrogen-bond acceptors (Lipinski definition) is 3. The highest BCUT2D eigenvalue weighted by atomic mass is 16.5. The van der Waals surface area contributed by atoms with Gasteiger partial charge in [0.15, 0.2) is 0 Å². The van der Waals surface area contributed by atoms with Crippen LogP contribution in [-0.2, 0) is 14.3 Å². The third-order valence-electron chi connectivity index (χ3n) is 2.90. The molecule has 3 atom stereocenters. The van der Waals surface area contributed by atoms with E-state index in [1.54, 1.807) is 0 Å². The van der Waals surface area contributed by atoms with E-state index in [2.05, 4.69) is 5.32 Å². The summed E-state index contributed by atoms with van der Waals surface area (Å²) in [5.74, 6) is -1.38. The quantitative estimate of drug-likeness (QED) is 0.730.